The minimum atomic E-state index is 0.301. The van der Waals surface area contributed by atoms with Crippen molar-refractivity contribution < 1.29 is 9.53 Å². The number of ether oxygens (including phenoxy) is 1. The Kier molecular flexibility index (Phi) is 3.60. The zero-order chi connectivity index (χ0) is 11.4. The smallest absolute Gasteiger partial charge is 0.153 e. The summed E-state index contributed by atoms with van der Waals surface area (Å²) >= 11 is 0. The van der Waals surface area contributed by atoms with Gasteiger partial charge in [0.15, 0.2) is 6.29 Å². The van der Waals surface area contributed by atoms with Gasteiger partial charge in [-0.05, 0) is 44.7 Å². The Morgan fingerprint density at radius 1 is 1.25 bits per heavy atom. The molecule has 1 saturated carbocycles. The molecule has 1 aromatic carbocycles. The lowest BCUT2D eigenvalue weighted by Gasteiger charge is -2.23. The molecule has 2 nitrogen and oxygen atoms in total. The van der Waals surface area contributed by atoms with Gasteiger partial charge >= 0.3 is 0 Å². The monoisotopic (exact) mass is 218 g/mol. The van der Waals surface area contributed by atoms with Crippen LogP contribution in [-0.2, 0) is 0 Å². The Labute approximate surface area is 96.6 Å². The van der Waals surface area contributed by atoms with Crippen molar-refractivity contribution in [3.63, 3.8) is 0 Å². The highest BCUT2D eigenvalue weighted by Gasteiger charge is 2.16. The summed E-state index contributed by atoms with van der Waals surface area (Å²) in [5.74, 6) is 0.743. The summed E-state index contributed by atoms with van der Waals surface area (Å²) in [6, 6.07) is 5.78. The Morgan fingerprint density at radius 2 is 2.00 bits per heavy atom. The fourth-order valence-electron chi connectivity index (χ4n) is 2.23. The summed E-state index contributed by atoms with van der Waals surface area (Å²) in [7, 11) is 0. The summed E-state index contributed by atoms with van der Waals surface area (Å²) in [4.78, 5) is 10.9. The molecule has 2 heteroatoms. The van der Waals surface area contributed by atoms with Gasteiger partial charge in [-0.3, -0.25) is 4.79 Å². The van der Waals surface area contributed by atoms with Crippen LogP contribution in [0.15, 0.2) is 18.2 Å². The van der Waals surface area contributed by atoms with Crippen molar-refractivity contribution in [1.82, 2.24) is 0 Å². The number of aldehydes is 1. The van der Waals surface area contributed by atoms with E-state index in [4.69, 9.17) is 4.74 Å². The molecule has 1 aromatic rings. The lowest BCUT2D eigenvalue weighted by atomic mass is 9.97. The van der Waals surface area contributed by atoms with Gasteiger partial charge in [0, 0.05) is 0 Å². The molecule has 0 heterocycles. The normalized spacial score (nSPS) is 17.1. The highest BCUT2D eigenvalue weighted by Crippen LogP contribution is 2.25. The molecule has 0 spiro atoms. The van der Waals surface area contributed by atoms with Gasteiger partial charge in [0.1, 0.15) is 5.75 Å². The van der Waals surface area contributed by atoms with Crippen LogP contribution in [-0.4, -0.2) is 12.4 Å². The SMILES string of the molecule is Cc1ccc(OC2CCCCC2)c(C=O)c1. The minimum absolute atomic E-state index is 0.301. The first-order valence-electron chi connectivity index (χ1n) is 6.02. The summed E-state index contributed by atoms with van der Waals surface area (Å²) in [5.41, 5.74) is 1.77. The van der Waals surface area contributed by atoms with E-state index in [0.717, 1.165) is 30.4 Å². The predicted molar refractivity (Wildman–Crippen MR) is 64.1 cm³/mol. The van der Waals surface area contributed by atoms with Gasteiger partial charge in [-0.15, -0.1) is 0 Å². The first kappa shape index (κ1) is 11.2. The van der Waals surface area contributed by atoms with Gasteiger partial charge < -0.3 is 4.74 Å². The Hall–Kier alpha value is -1.31. The summed E-state index contributed by atoms with van der Waals surface area (Å²) in [6.45, 7) is 1.98. The predicted octanol–water partition coefficient (Wildman–Crippen LogP) is 3.52. The Morgan fingerprint density at radius 3 is 2.69 bits per heavy atom. The average molecular weight is 218 g/mol. The minimum Gasteiger partial charge on any atom is -0.490 e. The molecule has 0 bridgehead atoms. The molecule has 0 amide bonds. The van der Waals surface area contributed by atoms with Crippen molar-refractivity contribution in [2.75, 3.05) is 0 Å². The Bertz CT molecular complexity index is 365. The standard InChI is InChI=1S/C14H18O2/c1-11-7-8-14(12(9-11)10-15)16-13-5-3-2-4-6-13/h7-10,13H,2-6H2,1H3. The number of hydrogen-bond donors (Lipinski definition) is 0. The van der Waals surface area contributed by atoms with Gasteiger partial charge in [0.25, 0.3) is 0 Å². The van der Waals surface area contributed by atoms with Gasteiger partial charge in [-0.2, -0.15) is 0 Å². The highest BCUT2D eigenvalue weighted by molar-refractivity contribution is 5.79. The molecule has 0 atom stereocenters. The van der Waals surface area contributed by atoms with Crippen molar-refractivity contribution >= 4 is 6.29 Å². The van der Waals surface area contributed by atoms with Crippen LogP contribution in [0.25, 0.3) is 0 Å². The molecular formula is C14H18O2. The van der Waals surface area contributed by atoms with E-state index in [0.29, 0.717) is 11.7 Å². The maximum atomic E-state index is 10.9. The van der Waals surface area contributed by atoms with E-state index in [1.807, 2.05) is 25.1 Å². The lowest BCUT2D eigenvalue weighted by molar-refractivity contribution is 0.111. The summed E-state index contributed by atoms with van der Waals surface area (Å²) in [6.07, 6.45) is 7.22. The van der Waals surface area contributed by atoms with Gasteiger partial charge in [0.05, 0.1) is 11.7 Å². The fraction of sp³-hybridized carbons (Fsp3) is 0.500. The lowest BCUT2D eigenvalue weighted by Crippen LogP contribution is -2.20. The molecule has 16 heavy (non-hydrogen) atoms. The molecule has 1 fully saturated rings. The number of carbonyl (C=O) groups excluding carboxylic acids is 1. The molecule has 0 radical (unpaired) electrons. The number of hydrogen-bond acceptors (Lipinski definition) is 2. The number of benzene rings is 1. The molecule has 0 aromatic heterocycles. The number of carbonyl (C=O) groups is 1. The topological polar surface area (TPSA) is 26.3 Å². The van der Waals surface area contributed by atoms with E-state index < -0.39 is 0 Å². The third-order valence-corrected chi connectivity index (χ3v) is 3.14. The van der Waals surface area contributed by atoms with Crippen LogP contribution in [0.4, 0.5) is 0 Å². The van der Waals surface area contributed by atoms with Gasteiger partial charge in [-0.25, -0.2) is 0 Å². The van der Waals surface area contributed by atoms with Crippen molar-refractivity contribution in [2.24, 2.45) is 0 Å². The van der Waals surface area contributed by atoms with Crippen molar-refractivity contribution in [2.45, 2.75) is 45.1 Å². The highest BCUT2D eigenvalue weighted by atomic mass is 16.5. The molecule has 0 aliphatic heterocycles. The molecule has 1 aliphatic carbocycles. The maximum Gasteiger partial charge on any atom is 0.153 e. The third-order valence-electron chi connectivity index (χ3n) is 3.14. The fourth-order valence-corrected chi connectivity index (χ4v) is 2.23. The van der Waals surface area contributed by atoms with Crippen LogP contribution in [0, 0.1) is 6.92 Å². The third kappa shape index (κ3) is 2.63. The molecule has 1 aliphatic rings. The van der Waals surface area contributed by atoms with Crippen LogP contribution in [0.1, 0.15) is 48.0 Å². The van der Waals surface area contributed by atoms with Crippen LogP contribution < -0.4 is 4.74 Å². The zero-order valence-electron chi connectivity index (χ0n) is 9.74. The van der Waals surface area contributed by atoms with Crippen molar-refractivity contribution in [1.29, 1.82) is 0 Å². The average Bonchev–Trinajstić information content (AvgIpc) is 2.33. The maximum absolute atomic E-state index is 10.9. The summed E-state index contributed by atoms with van der Waals surface area (Å²) in [5, 5.41) is 0. The molecular weight excluding hydrogens is 200 g/mol. The largest absolute Gasteiger partial charge is 0.490 e. The number of rotatable bonds is 3. The second-order valence-electron chi connectivity index (χ2n) is 4.54. The Balaban J connectivity index is 2.10. The molecule has 0 saturated heterocycles. The molecule has 2 rings (SSSR count). The number of aryl methyl sites for hydroxylation is 1. The van der Waals surface area contributed by atoms with E-state index in [1.54, 1.807) is 0 Å². The van der Waals surface area contributed by atoms with Gasteiger partial charge in [-0.1, -0.05) is 18.1 Å². The first-order chi connectivity index (χ1) is 7.79. The van der Waals surface area contributed by atoms with E-state index in [-0.39, 0.29) is 0 Å². The van der Waals surface area contributed by atoms with E-state index in [2.05, 4.69) is 0 Å². The van der Waals surface area contributed by atoms with Crippen molar-refractivity contribution in [3.8, 4) is 5.75 Å². The quantitative estimate of drug-likeness (QED) is 0.725. The molecule has 86 valence electrons. The van der Waals surface area contributed by atoms with Crippen LogP contribution in [0.5, 0.6) is 5.75 Å². The second-order valence-corrected chi connectivity index (χ2v) is 4.54. The van der Waals surface area contributed by atoms with Crippen LogP contribution >= 0.6 is 0 Å². The molecule has 0 unspecified atom stereocenters. The zero-order valence-corrected chi connectivity index (χ0v) is 9.74. The second kappa shape index (κ2) is 5.15. The first-order valence-corrected chi connectivity index (χ1v) is 6.02. The molecule has 0 N–H and O–H groups in total. The van der Waals surface area contributed by atoms with E-state index in [9.17, 15) is 4.79 Å². The summed E-state index contributed by atoms with van der Waals surface area (Å²) < 4.78 is 5.90. The van der Waals surface area contributed by atoms with Crippen LogP contribution in [0.3, 0.4) is 0 Å². The van der Waals surface area contributed by atoms with Crippen LogP contribution in [0.2, 0.25) is 0 Å². The van der Waals surface area contributed by atoms with E-state index in [1.165, 1.54) is 19.3 Å². The van der Waals surface area contributed by atoms with Gasteiger partial charge in [0.2, 0.25) is 0 Å². The van der Waals surface area contributed by atoms with E-state index >= 15 is 0 Å². The van der Waals surface area contributed by atoms with Crippen molar-refractivity contribution in [3.05, 3.63) is 29.3 Å².